The van der Waals surface area contributed by atoms with E-state index in [1.165, 1.54) is 11.3 Å². The van der Waals surface area contributed by atoms with E-state index in [0.29, 0.717) is 10.6 Å². The highest BCUT2D eigenvalue weighted by Gasteiger charge is 2.26. The SMILES string of the molecule is O=C(O)c1csc2c1-c1ccc(Cl)cc1C2. The fourth-order valence-corrected chi connectivity index (χ4v) is 3.36. The van der Waals surface area contributed by atoms with Crippen molar-refractivity contribution >= 4 is 28.9 Å². The van der Waals surface area contributed by atoms with Crippen molar-refractivity contribution < 1.29 is 9.90 Å². The van der Waals surface area contributed by atoms with Crippen molar-refractivity contribution in [2.24, 2.45) is 0 Å². The van der Waals surface area contributed by atoms with Gasteiger partial charge in [-0.3, -0.25) is 0 Å². The van der Waals surface area contributed by atoms with Crippen LogP contribution in [0.4, 0.5) is 0 Å². The van der Waals surface area contributed by atoms with Gasteiger partial charge in [0.05, 0.1) is 5.56 Å². The lowest BCUT2D eigenvalue weighted by Crippen LogP contribution is -1.95. The number of rotatable bonds is 1. The molecule has 1 N–H and O–H groups in total. The summed E-state index contributed by atoms with van der Waals surface area (Å²) >= 11 is 7.43. The molecular formula is C12H7ClO2S. The Morgan fingerprint density at radius 3 is 3.00 bits per heavy atom. The molecule has 0 saturated carbocycles. The first-order valence-electron chi connectivity index (χ1n) is 4.79. The number of thiophene rings is 1. The van der Waals surface area contributed by atoms with Gasteiger partial charge in [-0.25, -0.2) is 4.79 Å². The van der Waals surface area contributed by atoms with Gasteiger partial charge < -0.3 is 5.11 Å². The normalized spacial score (nSPS) is 12.3. The highest BCUT2D eigenvalue weighted by molar-refractivity contribution is 7.11. The monoisotopic (exact) mass is 250 g/mol. The molecule has 0 spiro atoms. The zero-order valence-electron chi connectivity index (χ0n) is 8.16. The standard InChI is InChI=1S/C12H7ClO2S/c13-7-1-2-8-6(3-7)4-10-11(8)9(5-16-10)12(14)15/h1-3,5H,4H2,(H,14,15). The molecule has 2 nitrogen and oxygen atoms in total. The molecule has 0 bridgehead atoms. The number of carbonyl (C=O) groups is 1. The first-order chi connectivity index (χ1) is 7.66. The quantitative estimate of drug-likeness (QED) is 0.716. The van der Waals surface area contributed by atoms with E-state index in [1.807, 2.05) is 12.1 Å². The number of carboxylic acid groups (broad SMARTS) is 1. The highest BCUT2D eigenvalue weighted by Crippen LogP contribution is 2.43. The van der Waals surface area contributed by atoms with Crippen LogP contribution in [0, 0.1) is 0 Å². The van der Waals surface area contributed by atoms with Gasteiger partial charge in [0.15, 0.2) is 0 Å². The number of carboxylic acids is 1. The molecule has 1 aromatic carbocycles. The Kier molecular flexibility index (Phi) is 2.06. The summed E-state index contributed by atoms with van der Waals surface area (Å²) in [5, 5.41) is 11.5. The summed E-state index contributed by atoms with van der Waals surface area (Å²) < 4.78 is 0. The van der Waals surface area contributed by atoms with Crippen LogP contribution in [0.1, 0.15) is 20.8 Å². The first kappa shape index (κ1) is 9.87. The Bertz CT molecular complexity index is 601. The highest BCUT2D eigenvalue weighted by atomic mass is 35.5. The van der Waals surface area contributed by atoms with Crippen LogP contribution in [-0.4, -0.2) is 11.1 Å². The molecule has 1 aliphatic rings. The minimum atomic E-state index is -0.861. The van der Waals surface area contributed by atoms with Crippen LogP contribution in [0.15, 0.2) is 23.6 Å². The van der Waals surface area contributed by atoms with Gasteiger partial charge in [0.2, 0.25) is 0 Å². The van der Waals surface area contributed by atoms with Gasteiger partial charge in [-0.2, -0.15) is 0 Å². The van der Waals surface area contributed by atoms with Crippen molar-refractivity contribution in [2.45, 2.75) is 6.42 Å². The average Bonchev–Trinajstić information content (AvgIpc) is 2.74. The van der Waals surface area contributed by atoms with Gasteiger partial charge >= 0.3 is 5.97 Å². The summed E-state index contributed by atoms with van der Waals surface area (Å²) in [6.45, 7) is 0. The molecule has 4 heteroatoms. The number of fused-ring (bicyclic) bond motifs is 3. The Morgan fingerprint density at radius 1 is 1.44 bits per heavy atom. The minimum Gasteiger partial charge on any atom is -0.478 e. The summed E-state index contributed by atoms with van der Waals surface area (Å²) in [6.07, 6.45) is 0.795. The lowest BCUT2D eigenvalue weighted by atomic mass is 10.0. The lowest BCUT2D eigenvalue weighted by molar-refractivity contribution is 0.0698. The summed E-state index contributed by atoms with van der Waals surface area (Å²) in [6, 6.07) is 5.62. The van der Waals surface area contributed by atoms with Gasteiger partial charge in [-0.1, -0.05) is 17.7 Å². The van der Waals surface area contributed by atoms with Crippen LogP contribution >= 0.6 is 22.9 Å². The predicted octanol–water partition coefficient (Wildman–Crippen LogP) is 3.67. The molecular weight excluding hydrogens is 244 g/mol. The number of aromatic carboxylic acids is 1. The molecule has 2 aromatic rings. The fourth-order valence-electron chi connectivity index (χ4n) is 2.11. The molecule has 3 rings (SSSR count). The smallest absolute Gasteiger partial charge is 0.337 e. The zero-order valence-corrected chi connectivity index (χ0v) is 9.73. The van der Waals surface area contributed by atoms with Gasteiger partial charge in [0, 0.05) is 27.3 Å². The van der Waals surface area contributed by atoms with Crippen LogP contribution in [0.5, 0.6) is 0 Å². The topological polar surface area (TPSA) is 37.3 Å². The molecule has 0 atom stereocenters. The third-order valence-electron chi connectivity index (χ3n) is 2.79. The molecule has 0 radical (unpaired) electrons. The maximum atomic E-state index is 11.1. The van der Waals surface area contributed by atoms with Crippen LogP contribution in [-0.2, 0) is 6.42 Å². The lowest BCUT2D eigenvalue weighted by Gasteiger charge is -2.01. The fraction of sp³-hybridized carbons (Fsp3) is 0.0833. The molecule has 0 amide bonds. The van der Waals surface area contributed by atoms with E-state index in [9.17, 15) is 4.79 Å². The summed E-state index contributed by atoms with van der Waals surface area (Å²) in [4.78, 5) is 12.2. The molecule has 0 unspecified atom stereocenters. The van der Waals surface area contributed by atoms with E-state index in [0.717, 1.165) is 28.0 Å². The van der Waals surface area contributed by atoms with E-state index in [2.05, 4.69) is 0 Å². The molecule has 0 aliphatic heterocycles. The maximum absolute atomic E-state index is 11.1. The minimum absolute atomic E-state index is 0.404. The Hall–Kier alpha value is -1.32. The molecule has 1 heterocycles. The van der Waals surface area contributed by atoms with E-state index in [4.69, 9.17) is 16.7 Å². The number of halogens is 1. The molecule has 0 saturated heterocycles. The van der Waals surface area contributed by atoms with Gasteiger partial charge in [-0.15, -0.1) is 11.3 Å². The van der Waals surface area contributed by atoms with E-state index in [1.54, 1.807) is 11.4 Å². The van der Waals surface area contributed by atoms with Gasteiger partial charge in [0.1, 0.15) is 0 Å². The van der Waals surface area contributed by atoms with Crippen molar-refractivity contribution in [1.82, 2.24) is 0 Å². The largest absolute Gasteiger partial charge is 0.478 e. The maximum Gasteiger partial charge on any atom is 0.337 e. The third-order valence-corrected chi connectivity index (χ3v) is 4.01. The average molecular weight is 251 g/mol. The van der Waals surface area contributed by atoms with Gasteiger partial charge in [0.25, 0.3) is 0 Å². The van der Waals surface area contributed by atoms with Crippen molar-refractivity contribution in [3.05, 3.63) is 44.6 Å². The van der Waals surface area contributed by atoms with Gasteiger partial charge in [-0.05, 0) is 23.3 Å². The van der Waals surface area contributed by atoms with Crippen LogP contribution in [0.25, 0.3) is 11.1 Å². The molecule has 1 aromatic heterocycles. The van der Waals surface area contributed by atoms with Crippen molar-refractivity contribution in [1.29, 1.82) is 0 Å². The Morgan fingerprint density at radius 2 is 2.25 bits per heavy atom. The van der Waals surface area contributed by atoms with E-state index >= 15 is 0 Å². The third kappa shape index (κ3) is 1.29. The summed E-state index contributed by atoms with van der Waals surface area (Å²) in [5.41, 5.74) is 3.42. The second-order valence-electron chi connectivity index (χ2n) is 3.73. The van der Waals surface area contributed by atoms with Crippen LogP contribution in [0.2, 0.25) is 5.02 Å². The molecule has 1 aliphatic carbocycles. The van der Waals surface area contributed by atoms with Crippen molar-refractivity contribution in [3.63, 3.8) is 0 Å². The summed E-state index contributed by atoms with van der Waals surface area (Å²) in [7, 11) is 0. The molecule has 16 heavy (non-hydrogen) atoms. The number of benzene rings is 1. The predicted molar refractivity (Wildman–Crippen MR) is 64.5 cm³/mol. The van der Waals surface area contributed by atoms with Crippen molar-refractivity contribution in [3.8, 4) is 11.1 Å². The Balaban J connectivity index is 2.26. The van der Waals surface area contributed by atoms with E-state index < -0.39 is 5.97 Å². The zero-order chi connectivity index (χ0) is 11.3. The molecule has 80 valence electrons. The Labute approximate surface area is 101 Å². The number of hydrogen-bond acceptors (Lipinski definition) is 2. The van der Waals surface area contributed by atoms with Crippen molar-refractivity contribution in [2.75, 3.05) is 0 Å². The van der Waals surface area contributed by atoms with E-state index in [-0.39, 0.29) is 0 Å². The van der Waals surface area contributed by atoms with Crippen LogP contribution < -0.4 is 0 Å². The number of hydrogen-bond donors (Lipinski definition) is 1. The second kappa shape index (κ2) is 3.34. The second-order valence-corrected chi connectivity index (χ2v) is 5.13. The van der Waals surface area contributed by atoms with Crippen LogP contribution in [0.3, 0.4) is 0 Å². The molecule has 0 fully saturated rings. The summed E-state index contributed by atoms with van der Waals surface area (Å²) in [5.74, 6) is -0.861. The first-order valence-corrected chi connectivity index (χ1v) is 6.05.